The van der Waals surface area contributed by atoms with Crippen LogP contribution in [0.3, 0.4) is 0 Å². The van der Waals surface area contributed by atoms with Crippen LogP contribution < -0.4 is 11.1 Å². The predicted octanol–water partition coefficient (Wildman–Crippen LogP) is 2.76. The van der Waals surface area contributed by atoms with E-state index in [9.17, 15) is 4.79 Å². The van der Waals surface area contributed by atoms with Crippen molar-refractivity contribution in [3.05, 3.63) is 29.6 Å². The molecule has 1 saturated heterocycles. The highest BCUT2D eigenvalue weighted by atomic mass is 32.1. The van der Waals surface area contributed by atoms with Crippen molar-refractivity contribution >= 4 is 28.1 Å². The van der Waals surface area contributed by atoms with Gasteiger partial charge in [0.25, 0.3) is 0 Å². The van der Waals surface area contributed by atoms with Crippen LogP contribution >= 0.6 is 11.3 Å². The fraction of sp³-hybridized carbons (Fsp3) is 0.333. The summed E-state index contributed by atoms with van der Waals surface area (Å²) >= 11 is 1.43. The Hall–Kier alpha value is -1.92. The molecule has 0 unspecified atom stereocenters. The second-order valence-corrected chi connectivity index (χ2v) is 5.90. The average Bonchev–Trinajstić information content (AvgIpc) is 2.97. The molecule has 0 saturated carbocycles. The molecule has 1 amide bonds. The zero-order chi connectivity index (χ0) is 14.7. The molecule has 6 heteroatoms. The lowest BCUT2D eigenvalue weighted by molar-refractivity contribution is -0.122. The standard InChI is InChI=1S/C15H17N3O2S/c16-12-3-1-2-11(8-12)13-9-21-15(17-13)18-14(19)10-4-6-20-7-5-10/h1-3,8-10H,4-7,16H2,(H,17,18,19). The smallest absolute Gasteiger partial charge is 0.229 e. The van der Waals surface area contributed by atoms with Crippen LogP contribution in [0.25, 0.3) is 11.3 Å². The molecule has 2 heterocycles. The predicted molar refractivity (Wildman–Crippen MR) is 84.1 cm³/mol. The van der Waals surface area contributed by atoms with E-state index in [0.717, 1.165) is 24.1 Å². The molecule has 1 aliphatic heterocycles. The van der Waals surface area contributed by atoms with E-state index in [1.165, 1.54) is 11.3 Å². The quantitative estimate of drug-likeness (QED) is 0.855. The van der Waals surface area contributed by atoms with Gasteiger partial charge in [-0.25, -0.2) is 4.98 Å². The zero-order valence-electron chi connectivity index (χ0n) is 11.5. The number of thiazole rings is 1. The molecule has 0 radical (unpaired) electrons. The van der Waals surface area contributed by atoms with Crippen molar-refractivity contribution in [1.82, 2.24) is 4.98 Å². The molecule has 3 rings (SSSR count). The van der Waals surface area contributed by atoms with E-state index < -0.39 is 0 Å². The molecular weight excluding hydrogens is 286 g/mol. The summed E-state index contributed by atoms with van der Waals surface area (Å²) in [7, 11) is 0. The number of nitrogens with two attached hydrogens (primary N) is 1. The topological polar surface area (TPSA) is 77.2 Å². The second kappa shape index (κ2) is 6.24. The van der Waals surface area contributed by atoms with E-state index >= 15 is 0 Å². The van der Waals surface area contributed by atoms with Crippen LogP contribution in [0.4, 0.5) is 10.8 Å². The molecule has 1 aromatic carbocycles. The van der Waals surface area contributed by atoms with E-state index in [0.29, 0.717) is 24.0 Å². The minimum atomic E-state index is 0.0264. The number of carbonyl (C=O) groups excluding carboxylic acids is 1. The normalized spacial score (nSPS) is 15.8. The Kier molecular flexibility index (Phi) is 4.17. The van der Waals surface area contributed by atoms with Gasteiger partial charge in [-0.1, -0.05) is 12.1 Å². The first-order valence-electron chi connectivity index (χ1n) is 6.92. The monoisotopic (exact) mass is 303 g/mol. The van der Waals surface area contributed by atoms with Gasteiger partial charge in [0, 0.05) is 35.8 Å². The Balaban J connectivity index is 1.69. The number of rotatable bonds is 3. The van der Waals surface area contributed by atoms with Crippen LogP contribution in [-0.2, 0) is 9.53 Å². The van der Waals surface area contributed by atoms with Crippen LogP contribution in [0.15, 0.2) is 29.6 Å². The molecule has 1 aliphatic rings. The first kappa shape index (κ1) is 14.0. The lowest BCUT2D eigenvalue weighted by atomic mass is 10.00. The SMILES string of the molecule is Nc1cccc(-c2csc(NC(=O)C3CCOCC3)n2)c1. The molecule has 5 nitrogen and oxygen atoms in total. The number of carbonyl (C=O) groups is 1. The first-order valence-corrected chi connectivity index (χ1v) is 7.80. The van der Waals surface area contributed by atoms with Crippen LogP contribution in [0.1, 0.15) is 12.8 Å². The highest BCUT2D eigenvalue weighted by Crippen LogP contribution is 2.27. The number of hydrogen-bond acceptors (Lipinski definition) is 5. The minimum Gasteiger partial charge on any atom is -0.399 e. The van der Waals surface area contributed by atoms with Crippen molar-refractivity contribution in [3.63, 3.8) is 0 Å². The van der Waals surface area contributed by atoms with Crippen molar-refractivity contribution in [2.45, 2.75) is 12.8 Å². The number of nitrogens with one attached hydrogen (secondary N) is 1. The Bertz CT molecular complexity index is 635. The van der Waals surface area contributed by atoms with E-state index in [1.54, 1.807) is 0 Å². The Labute approximate surface area is 127 Å². The third kappa shape index (κ3) is 3.40. The summed E-state index contributed by atoms with van der Waals surface area (Å²) in [6.45, 7) is 1.31. The zero-order valence-corrected chi connectivity index (χ0v) is 12.4. The van der Waals surface area contributed by atoms with E-state index in [4.69, 9.17) is 10.5 Å². The number of nitrogen functional groups attached to an aromatic ring is 1. The van der Waals surface area contributed by atoms with Crippen molar-refractivity contribution < 1.29 is 9.53 Å². The number of amides is 1. The lowest BCUT2D eigenvalue weighted by Gasteiger charge is -2.20. The maximum atomic E-state index is 12.1. The van der Waals surface area contributed by atoms with Gasteiger partial charge in [0.15, 0.2) is 5.13 Å². The van der Waals surface area contributed by atoms with E-state index in [2.05, 4.69) is 10.3 Å². The summed E-state index contributed by atoms with van der Waals surface area (Å²) < 4.78 is 5.27. The minimum absolute atomic E-state index is 0.0264. The molecule has 2 aromatic rings. The molecular formula is C15H17N3O2S. The maximum absolute atomic E-state index is 12.1. The van der Waals surface area contributed by atoms with Gasteiger partial charge in [0.2, 0.25) is 5.91 Å². The Morgan fingerprint density at radius 2 is 2.19 bits per heavy atom. The number of anilines is 2. The molecule has 3 N–H and O–H groups in total. The summed E-state index contributed by atoms with van der Waals surface area (Å²) in [6.07, 6.45) is 1.55. The van der Waals surface area contributed by atoms with Crippen molar-refractivity contribution in [2.24, 2.45) is 5.92 Å². The Morgan fingerprint density at radius 3 is 2.95 bits per heavy atom. The van der Waals surface area contributed by atoms with Crippen molar-refractivity contribution in [2.75, 3.05) is 24.3 Å². The maximum Gasteiger partial charge on any atom is 0.229 e. The van der Waals surface area contributed by atoms with Gasteiger partial charge < -0.3 is 15.8 Å². The van der Waals surface area contributed by atoms with Gasteiger partial charge in [-0.15, -0.1) is 11.3 Å². The van der Waals surface area contributed by atoms with Crippen LogP contribution in [0.2, 0.25) is 0 Å². The van der Waals surface area contributed by atoms with Gasteiger partial charge in [0.1, 0.15) is 0 Å². The second-order valence-electron chi connectivity index (χ2n) is 5.04. The highest BCUT2D eigenvalue weighted by molar-refractivity contribution is 7.14. The van der Waals surface area contributed by atoms with E-state index in [-0.39, 0.29) is 11.8 Å². The number of nitrogens with zero attached hydrogens (tertiary/aromatic N) is 1. The third-order valence-electron chi connectivity index (χ3n) is 3.51. The fourth-order valence-corrected chi connectivity index (χ4v) is 3.05. The van der Waals surface area contributed by atoms with Gasteiger partial charge in [-0.05, 0) is 25.0 Å². The summed E-state index contributed by atoms with van der Waals surface area (Å²) in [4.78, 5) is 16.6. The van der Waals surface area contributed by atoms with Gasteiger partial charge >= 0.3 is 0 Å². The number of hydrogen-bond donors (Lipinski definition) is 2. The van der Waals surface area contributed by atoms with Crippen LogP contribution in [0.5, 0.6) is 0 Å². The van der Waals surface area contributed by atoms with Crippen LogP contribution in [0, 0.1) is 5.92 Å². The Morgan fingerprint density at radius 1 is 1.38 bits per heavy atom. The van der Waals surface area contributed by atoms with Crippen molar-refractivity contribution in [1.29, 1.82) is 0 Å². The van der Waals surface area contributed by atoms with Crippen LogP contribution in [-0.4, -0.2) is 24.1 Å². The molecule has 0 aliphatic carbocycles. The van der Waals surface area contributed by atoms with Gasteiger partial charge in [-0.3, -0.25) is 4.79 Å². The lowest BCUT2D eigenvalue weighted by Crippen LogP contribution is -2.28. The number of ether oxygens (including phenoxy) is 1. The highest BCUT2D eigenvalue weighted by Gasteiger charge is 2.22. The van der Waals surface area contributed by atoms with Crippen molar-refractivity contribution in [3.8, 4) is 11.3 Å². The summed E-state index contributed by atoms with van der Waals surface area (Å²) in [6, 6.07) is 7.56. The van der Waals surface area contributed by atoms with E-state index in [1.807, 2.05) is 29.6 Å². The largest absolute Gasteiger partial charge is 0.399 e. The van der Waals surface area contributed by atoms with Gasteiger partial charge in [-0.2, -0.15) is 0 Å². The average molecular weight is 303 g/mol. The molecule has 0 atom stereocenters. The fourth-order valence-electron chi connectivity index (χ4n) is 2.33. The number of benzene rings is 1. The molecule has 1 aromatic heterocycles. The first-order chi connectivity index (χ1) is 10.2. The molecule has 21 heavy (non-hydrogen) atoms. The molecule has 1 fully saturated rings. The molecule has 0 spiro atoms. The third-order valence-corrected chi connectivity index (χ3v) is 4.27. The molecule has 110 valence electrons. The summed E-state index contributed by atoms with van der Waals surface area (Å²) in [5.41, 5.74) is 8.26. The summed E-state index contributed by atoms with van der Waals surface area (Å²) in [5.74, 6) is 0.0604. The van der Waals surface area contributed by atoms with Gasteiger partial charge in [0.05, 0.1) is 5.69 Å². The molecule has 0 bridgehead atoms. The number of aromatic nitrogens is 1. The summed E-state index contributed by atoms with van der Waals surface area (Å²) in [5, 5.41) is 5.45.